The van der Waals surface area contributed by atoms with E-state index in [4.69, 9.17) is 11.6 Å². The van der Waals surface area contributed by atoms with Crippen LogP contribution in [0.1, 0.15) is 35.0 Å². The number of benzene rings is 3. The number of rotatable bonds is 8. The third-order valence-corrected chi connectivity index (χ3v) is 6.46. The van der Waals surface area contributed by atoms with Crippen LogP contribution in [0.15, 0.2) is 77.7 Å². The number of aromatic nitrogens is 6. The second-order valence-electron chi connectivity index (χ2n) is 8.54. The molecule has 5 rings (SSSR count). The Balaban J connectivity index is 1.51. The Kier molecular flexibility index (Phi) is 6.70. The van der Waals surface area contributed by atoms with Crippen molar-refractivity contribution < 1.29 is 9.90 Å². The minimum Gasteiger partial charge on any atom is -0.478 e. The largest absolute Gasteiger partial charge is 0.478 e. The van der Waals surface area contributed by atoms with E-state index in [-0.39, 0.29) is 22.0 Å². The monoisotopic (exact) mass is 514 g/mol. The number of nitrogens with one attached hydrogen (secondary N) is 1. The first-order valence-electron chi connectivity index (χ1n) is 11.7. The molecule has 2 N–H and O–H groups in total. The van der Waals surface area contributed by atoms with Gasteiger partial charge in [0.1, 0.15) is 0 Å². The summed E-state index contributed by atoms with van der Waals surface area (Å²) in [7, 11) is 0. The smallest absolute Gasteiger partial charge is 0.337 e. The van der Waals surface area contributed by atoms with Crippen LogP contribution in [0.25, 0.3) is 28.2 Å². The standard InChI is InChI=1S/C27H23ClN6O3/c1-2-6-19-16-34(24-22(26(35)36)9-5-10-23(24)28)27(37)33(19)15-17-11-13-18(14-12-17)20-7-3-4-8-21(20)25-29-31-32-30-25/h3-5,7-14,16H,2,6,15H2,1H3,(H,35,36)(H,29,30,31,32). The molecule has 9 nitrogen and oxygen atoms in total. The number of aromatic amines is 1. The van der Waals surface area contributed by atoms with E-state index in [1.165, 1.54) is 10.6 Å². The minimum absolute atomic E-state index is 0.0280. The number of H-pyrrole nitrogens is 1. The van der Waals surface area contributed by atoms with Crippen molar-refractivity contribution >= 4 is 17.6 Å². The summed E-state index contributed by atoms with van der Waals surface area (Å²) in [6.07, 6.45) is 3.17. The van der Waals surface area contributed by atoms with Crippen LogP contribution in [0.5, 0.6) is 0 Å². The number of aryl methyl sites for hydroxylation is 1. The maximum Gasteiger partial charge on any atom is 0.337 e. The molecular formula is C27H23ClN6O3. The summed E-state index contributed by atoms with van der Waals surface area (Å²) in [6.45, 7) is 2.36. The molecule has 0 amide bonds. The van der Waals surface area contributed by atoms with Crippen molar-refractivity contribution in [3.63, 3.8) is 0 Å². The molecule has 0 spiro atoms. The highest BCUT2D eigenvalue weighted by atomic mass is 35.5. The van der Waals surface area contributed by atoms with Gasteiger partial charge in [0, 0.05) is 17.5 Å². The lowest BCUT2D eigenvalue weighted by atomic mass is 9.98. The molecule has 5 aromatic rings. The Morgan fingerprint density at radius 3 is 2.46 bits per heavy atom. The van der Waals surface area contributed by atoms with E-state index >= 15 is 0 Å². The average Bonchev–Trinajstić information content (AvgIpc) is 3.54. The molecule has 2 heterocycles. The highest BCUT2D eigenvalue weighted by molar-refractivity contribution is 6.33. The van der Waals surface area contributed by atoms with Gasteiger partial charge < -0.3 is 5.11 Å². The summed E-state index contributed by atoms with van der Waals surface area (Å²) in [5, 5.41) is 24.0. The number of carboxylic acids is 1. The van der Waals surface area contributed by atoms with E-state index in [9.17, 15) is 14.7 Å². The topological polar surface area (TPSA) is 119 Å². The Hall–Kier alpha value is -4.50. The first-order valence-corrected chi connectivity index (χ1v) is 12.1. The molecule has 0 aliphatic rings. The third-order valence-electron chi connectivity index (χ3n) is 6.16. The Bertz CT molecular complexity index is 1620. The van der Waals surface area contributed by atoms with E-state index in [0.29, 0.717) is 18.8 Å². The van der Waals surface area contributed by atoms with E-state index in [1.807, 2.05) is 55.5 Å². The Labute approximate surface area is 217 Å². The molecule has 2 aromatic heterocycles. The van der Waals surface area contributed by atoms with Crippen molar-refractivity contribution in [1.82, 2.24) is 29.8 Å². The van der Waals surface area contributed by atoms with E-state index in [1.54, 1.807) is 22.9 Å². The van der Waals surface area contributed by atoms with Gasteiger partial charge in [-0.25, -0.2) is 14.7 Å². The first-order chi connectivity index (χ1) is 18.0. The number of imidazole rings is 1. The number of carboxylic acid groups (broad SMARTS) is 1. The fourth-order valence-electron chi connectivity index (χ4n) is 4.43. The molecule has 0 radical (unpaired) electrons. The van der Waals surface area contributed by atoms with Crippen LogP contribution >= 0.6 is 11.6 Å². The van der Waals surface area contributed by atoms with E-state index in [0.717, 1.165) is 34.4 Å². The van der Waals surface area contributed by atoms with Gasteiger partial charge in [-0.15, -0.1) is 5.10 Å². The van der Waals surface area contributed by atoms with Crippen LogP contribution in [0.2, 0.25) is 5.02 Å². The van der Waals surface area contributed by atoms with Crippen molar-refractivity contribution in [2.24, 2.45) is 0 Å². The predicted octanol–water partition coefficient (Wildman–Crippen LogP) is 4.84. The molecule has 3 aromatic carbocycles. The summed E-state index contributed by atoms with van der Waals surface area (Å²) in [6, 6.07) is 20.4. The van der Waals surface area contributed by atoms with Gasteiger partial charge >= 0.3 is 11.7 Å². The van der Waals surface area contributed by atoms with Gasteiger partial charge in [0.2, 0.25) is 0 Å². The molecular weight excluding hydrogens is 492 g/mol. The first kappa shape index (κ1) is 24.2. The fraction of sp³-hybridized carbons (Fsp3) is 0.148. The van der Waals surface area contributed by atoms with Gasteiger partial charge in [0.15, 0.2) is 5.82 Å². The predicted molar refractivity (Wildman–Crippen MR) is 140 cm³/mol. The van der Waals surface area contributed by atoms with Gasteiger partial charge in [-0.3, -0.25) is 9.13 Å². The lowest BCUT2D eigenvalue weighted by molar-refractivity contribution is 0.0697. The summed E-state index contributed by atoms with van der Waals surface area (Å²) in [5.41, 5.74) is 4.37. The van der Waals surface area contributed by atoms with E-state index in [2.05, 4.69) is 20.6 Å². The molecule has 0 saturated heterocycles. The van der Waals surface area contributed by atoms with Gasteiger partial charge in [-0.1, -0.05) is 79.5 Å². The number of tetrazole rings is 1. The summed E-state index contributed by atoms with van der Waals surface area (Å²) in [4.78, 5) is 25.3. The van der Waals surface area contributed by atoms with Crippen LogP contribution in [0, 0.1) is 0 Å². The average molecular weight is 515 g/mol. The number of nitrogens with zero attached hydrogens (tertiary/aromatic N) is 5. The quantitative estimate of drug-likeness (QED) is 0.306. The van der Waals surface area contributed by atoms with E-state index < -0.39 is 5.97 Å². The molecule has 37 heavy (non-hydrogen) atoms. The maximum atomic E-state index is 13.5. The highest BCUT2D eigenvalue weighted by Gasteiger charge is 2.20. The molecule has 10 heteroatoms. The van der Waals surface area contributed by atoms with Crippen LogP contribution in [-0.2, 0) is 13.0 Å². The molecule has 0 atom stereocenters. The fourth-order valence-corrected chi connectivity index (χ4v) is 4.70. The highest BCUT2D eigenvalue weighted by Crippen LogP contribution is 2.30. The Morgan fingerprint density at radius 1 is 1.03 bits per heavy atom. The van der Waals surface area contributed by atoms with Gasteiger partial charge in [0.25, 0.3) is 0 Å². The number of carbonyl (C=O) groups is 1. The molecule has 186 valence electrons. The maximum absolute atomic E-state index is 13.5. The summed E-state index contributed by atoms with van der Waals surface area (Å²) < 4.78 is 3.01. The number of aromatic carboxylic acids is 1. The number of para-hydroxylation sites is 1. The zero-order valence-electron chi connectivity index (χ0n) is 19.9. The van der Waals surface area contributed by atoms with Crippen molar-refractivity contribution in [2.45, 2.75) is 26.3 Å². The van der Waals surface area contributed by atoms with Gasteiger partial charge in [-0.05, 0) is 45.7 Å². The normalized spacial score (nSPS) is 11.1. The van der Waals surface area contributed by atoms with Gasteiger partial charge in [-0.2, -0.15) is 0 Å². The van der Waals surface area contributed by atoms with Crippen LogP contribution < -0.4 is 5.69 Å². The lowest BCUT2D eigenvalue weighted by Gasteiger charge is -2.10. The SMILES string of the molecule is CCCc1cn(-c2c(Cl)cccc2C(=O)O)c(=O)n1Cc1ccc(-c2ccccc2-c2nnn[nH]2)cc1. The van der Waals surface area contributed by atoms with Crippen molar-refractivity contribution in [1.29, 1.82) is 0 Å². The zero-order valence-corrected chi connectivity index (χ0v) is 20.7. The van der Waals surface area contributed by atoms with Crippen molar-refractivity contribution in [3.05, 3.63) is 105 Å². The summed E-state index contributed by atoms with van der Waals surface area (Å²) >= 11 is 6.36. The van der Waals surface area contributed by atoms with Crippen LogP contribution in [0.4, 0.5) is 0 Å². The molecule has 0 unspecified atom stereocenters. The molecule has 0 bridgehead atoms. The Morgan fingerprint density at radius 2 is 1.78 bits per heavy atom. The van der Waals surface area contributed by atoms with Crippen molar-refractivity contribution in [2.75, 3.05) is 0 Å². The zero-order chi connectivity index (χ0) is 25.9. The van der Waals surface area contributed by atoms with Gasteiger partial charge in [0.05, 0.1) is 22.8 Å². The van der Waals surface area contributed by atoms with Crippen LogP contribution in [-0.4, -0.2) is 40.8 Å². The molecule has 0 aliphatic heterocycles. The third kappa shape index (κ3) is 4.68. The lowest BCUT2D eigenvalue weighted by Crippen LogP contribution is -2.26. The molecule has 0 aliphatic carbocycles. The minimum atomic E-state index is -1.15. The second kappa shape index (κ2) is 10.2. The second-order valence-corrected chi connectivity index (χ2v) is 8.95. The number of hydrogen-bond acceptors (Lipinski definition) is 5. The number of halogens is 1. The molecule has 0 saturated carbocycles. The van der Waals surface area contributed by atoms with Crippen molar-refractivity contribution in [3.8, 4) is 28.2 Å². The number of hydrogen-bond donors (Lipinski definition) is 2. The summed E-state index contributed by atoms with van der Waals surface area (Å²) in [5.74, 6) is -0.566. The molecule has 0 fully saturated rings. The van der Waals surface area contributed by atoms with Crippen LogP contribution in [0.3, 0.4) is 0 Å².